The largest absolute Gasteiger partial charge is 0.262 e. The average molecular weight is 253 g/mol. The van der Waals surface area contributed by atoms with E-state index in [0.29, 0.717) is 6.54 Å². The molecule has 0 atom stereocenters. The van der Waals surface area contributed by atoms with Gasteiger partial charge in [0, 0.05) is 26.0 Å². The molecule has 1 aromatic rings. The maximum Gasteiger partial charge on any atom is 0.244 e. The van der Waals surface area contributed by atoms with Gasteiger partial charge in [0.1, 0.15) is 11.0 Å². The van der Waals surface area contributed by atoms with Gasteiger partial charge in [-0.2, -0.15) is 5.26 Å². The molecular weight excluding hydrogens is 238 g/mol. The van der Waals surface area contributed by atoms with E-state index in [2.05, 4.69) is 4.98 Å². The fourth-order valence-corrected chi connectivity index (χ4v) is 2.74. The van der Waals surface area contributed by atoms with Crippen molar-refractivity contribution in [2.45, 2.75) is 18.7 Å². The SMILES string of the molecule is CC(C)CN(C)S(=O)(=O)c1cncc(C#N)c1. The molecule has 1 rings (SSSR count). The van der Waals surface area contributed by atoms with E-state index in [1.165, 1.54) is 29.8 Å². The fourth-order valence-electron chi connectivity index (χ4n) is 1.41. The molecule has 1 aromatic heterocycles. The lowest BCUT2D eigenvalue weighted by atomic mass is 10.2. The smallest absolute Gasteiger partial charge is 0.244 e. The van der Waals surface area contributed by atoms with E-state index in [0.717, 1.165) is 0 Å². The Morgan fingerprint density at radius 3 is 2.65 bits per heavy atom. The third-order valence-corrected chi connectivity index (χ3v) is 3.96. The molecule has 0 amide bonds. The van der Waals surface area contributed by atoms with Crippen molar-refractivity contribution in [1.82, 2.24) is 9.29 Å². The first-order valence-electron chi connectivity index (χ1n) is 5.19. The van der Waals surface area contributed by atoms with Crippen LogP contribution in [-0.2, 0) is 10.0 Å². The molecule has 0 bridgehead atoms. The maximum absolute atomic E-state index is 12.1. The third-order valence-electron chi connectivity index (χ3n) is 2.17. The lowest BCUT2D eigenvalue weighted by Gasteiger charge is -2.18. The minimum absolute atomic E-state index is 0.0553. The van der Waals surface area contributed by atoms with Crippen molar-refractivity contribution in [2.24, 2.45) is 5.92 Å². The topological polar surface area (TPSA) is 74.1 Å². The van der Waals surface area contributed by atoms with E-state index in [9.17, 15) is 8.42 Å². The quantitative estimate of drug-likeness (QED) is 0.809. The van der Waals surface area contributed by atoms with Crippen LogP contribution in [0.2, 0.25) is 0 Å². The average Bonchev–Trinajstić information content (AvgIpc) is 2.28. The molecular formula is C11H15N3O2S. The van der Waals surface area contributed by atoms with Crippen LogP contribution >= 0.6 is 0 Å². The summed E-state index contributed by atoms with van der Waals surface area (Å²) in [6.45, 7) is 4.31. The highest BCUT2D eigenvalue weighted by molar-refractivity contribution is 7.89. The van der Waals surface area contributed by atoms with Crippen LogP contribution in [0.5, 0.6) is 0 Å². The fraction of sp³-hybridized carbons (Fsp3) is 0.455. The second-order valence-corrected chi connectivity index (χ2v) is 6.25. The summed E-state index contributed by atoms with van der Waals surface area (Å²) in [5.74, 6) is 0.238. The van der Waals surface area contributed by atoms with Crippen molar-refractivity contribution in [2.75, 3.05) is 13.6 Å². The summed E-state index contributed by atoms with van der Waals surface area (Å²) in [4.78, 5) is 3.81. The Hall–Kier alpha value is -1.45. The molecule has 0 saturated heterocycles. The maximum atomic E-state index is 12.1. The highest BCUT2D eigenvalue weighted by atomic mass is 32.2. The highest BCUT2D eigenvalue weighted by Crippen LogP contribution is 2.15. The minimum Gasteiger partial charge on any atom is -0.262 e. The van der Waals surface area contributed by atoms with E-state index >= 15 is 0 Å². The number of aromatic nitrogens is 1. The Morgan fingerprint density at radius 2 is 2.12 bits per heavy atom. The molecule has 0 N–H and O–H groups in total. The number of pyridine rings is 1. The molecule has 0 saturated carbocycles. The van der Waals surface area contributed by atoms with Gasteiger partial charge < -0.3 is 0 Å². The molecule has 0 radical (unpaired) electrons. The zero-order valence-electron chi connectivity index (χ0n) is 10.1. The summed E-state index contributed by atoms with van der Waals surface area (Å²) >= 11 is 0. The summed E-state index contributed by atoms with van der Waals surface area (Å²) in [5.41, 5.74) is 0.240. The molecule has 5 nitrogen and oxygen atoms in total. The van der Waals surface area contributed by atoms with Crippen molar-refractivity contribution in [3.8, 4) is 6.07 Å². The van der Waals surface area contributed by atoms with Gasteiger partial charge in [0.25, 0.3) is 0 Å². The molecule has 6 heteroatoms. The standard InChI is InChI=1S/C11H15N3O2S/c1-9(2)8-14(3)17(15,16)11-4-10(5-12)6-13-7-11/h4,6-7,9H,8H2,1-3H3. The van der Waals surface area contributed by atoms with Gasteiger partial charge in [0.05, 0.1) is 5.56 Å². The monoisotopic (exact) mass is 253 g/mol. The number of nitrogens with zero attached hydrogens (tertiary/aromatic N) is 3. The van der Waals surface area contributed by atoms with Gasteiger partial charge in [0.15, 0.2) is 0 Å². The number of nitriles is 1. The number of hydrogen-bond donors (Lipinski definition) is 0. The molecule has 0 aliphatic rings. The lowest BCUT2D eigenvalue weighted by Crippen LogP contribution is -2.30. The summed E-state index contributed by atoms with van der Waals surface area (Å²) in [5, 5.41) is 8.71. The highest BCUT2D eigenvalue weighted by Gasteiger charge is 2.21. The minimum atomic E-state index is -3.55. The summed E-state index contributed by atoms with van der Waals surface area (Å²) in [6, 6.07) is 3.21. The van der Waals surface area contributed by atoms with Crippen molar-refractivity contribution in [3.63, 3.8) is 0 Å². The van der Waals surface area contributed by atoms with Gasteiger partial charge in [0.2, 0.25) is 10.0 Å². The Morgan fingerprint density at radius 1 is 1.47 bits per heavy atom. The van der Waals surface area contributed by atoms with Crippen molar-refractivity contribution < 1.29 is 8.42 Å². The van der Waals surface area contributed by atoms with Gasteiger partial charge in [-0.25, -0.2) is 12.7 Å². The second kappa shape index (κ2) is 5.25. The van der Waals surface area contributed by atoms with Crippen molar-refractivity contribution in [3.05, 3.63) is 24.0 Å². The first kappa shape index (κ1) is 13.6. The lowest BCUT2D eigenvalue weighted by molar-refractivity contribution is 0.417. The zero-order valence-corrected chi connectivity index (χ0v) is 10.9. The Bertz CT molecular complexity index is 532. The Labute approximate surface area is 102 Å². The molecule has 0 aromatic carbocycles. The number of rotatable bonds is 4. The number of sulfonamides is 1. The van der Waals surface area contributed by atoms with E-state index in [-0.39, 0.29) is 16.4 Å². The van der Waals surface area contributed by atoms with Crippen LogP contribution in [0.3, 0.4) is 0 Å². The van der Waals surface area contributed by atoms with Crippen LogP contribution in [0.15, 0.2) is 23.4 Å². The number of hydrogen-bond acceptors (Lipinski definition) is 4. The van der Waals surface area contributed by atoms with Gasteiger partial charge in [-0.15, -0.1) is 0 Å². The van der Waals surface area contributed by atoms with E-state index in [1.807, 2.05) is 19.9 Å². The second-order valence-electron chi connectivity index (χ2n) is 4.20. The first-order valence-corrected chi connectivity index (χ1v) is 6.63. The van der Waals surface area contributed by atoms with Crippen LogP contribution in [0.1, 0.15) is 19.4 Å². The normalized spacial score (nSPS) is 11.8. The zero-order chi connectivity index (χ0) is 13.1. The molecule has 1 heterocycles. The van der Waals surface area contributed by atoms with Crippen molar-refractivity contribution in [1.29, 1.82) is 5.26 Å². The van der Waals surface area contributed by atoms with Gasteiger partial charge in [-0.3, -0.25) is 4.98 Å². The Kier molecular flexibility index (Phi) is 4.21. The van der Waals surface area contributed by atoms with Crippen LogP contribution < -0.4 is 0 Å². The Balaban J connectivity index is 3.09. The van der Waals surface area contributed by atoms with Gasteiger partial charge >= 0.3 is 0 Å². The first-order chi connectivity index (χ1) is 7.87. The molecule has 92 valence electrons. The van der Waals surface area contributed by atoms with Gasteiger partial charge in [-0.1, -0.05) is 13.8 Å². The van der Waals surface area contributed by atoms with Crippen LogP contribution in [0.4, 0.5) is 0 Å². The summed E-state index contributed by atoms with van der Waals surface area (Å²) in [6.07, 6.45) is 2.59. The van der Waals surface area contributed by atoms with E-state index in [1.54, 1.807) is 0 Å². The predicted octanol–water partition coefficient (Wildman–Crippen LogP) is 1.23. The molecule has 0 fully saturated rings. The predicted molar refractivity (Wildman–Crippen MR) is 63.6 cm³/mol. The van der Waals surface area contributed by atoms with Gasteiger partial charge in [-0.05, 0) is 12.0 Å². The van der Waals surface area contributed by atoms with E-state index < -0.39 is 10.0 Å². The van der Waals surface area contributed by atoms with E-state index in [4.69, 9.17) is 5.26 Å². The van der Waals surface area contributed by atoms with Crippen molar-refractivity contribution >= 4 is 10.0 Å². The molecule has 0 aliphatic carbocycles. The van der Waals surface area contributed by atoms with Crippen LogP contribution in [0.25, 0.3) is 0 Å². The molecule has 0 spiro atoms. The molecule has 0 unspecified atom stereocenters. The summed E-state index contributed by atoms with van der Waals surface area (Å²) < 4.78 is 25.5. The van der Waals surface area contributed by atoms with Crippen LogP contribution in [0, 0.1) is 17.2 Å². The third kappa shape index (κ3) is 3.25. The molecule has 0 aliphatic heterocycles. The summed E-state index contributed by atoms with van der Waals surface area (Å²) in [7, 11) is -2.02. The van der Waals surface area contributed by atoms with Crippen LogP contribution in [-0.4, -0.2) is 31.3 Å². The molecule has 17 heavy (non-hydrogen) atoms.